The number of pyridine rings is 1. The maximum Gasteiger partial charge on any atom is 0.277 e. The summed E-state index contributed by atoms with van der Waals surface area (Å²) in [4.78, 5) is 30.4. The number of nitrogens with one attached hydrogen (secondary N) is 1. The highest BCUT2D eigenvalue weighted by Gasteiger charge is 2.19. The van der Waals surface area contributed by atoms with E-state index in [1.807, 2.05) is 13.0 Å². The molecule has 4 rings (SSSR count). The third-order valence-electron chi connectivity index (χ3n) is 6.18. The van der Waals surface area contributed by atoms with Gasteiger partial charge in [0, 0.05) is 57.0 Å². The predicted molar refractivity (Wildman–Crippen MR) is 122 cm³/mol. The van der Waals surface area contributed by atoms with E-state index >= 15 is 0 Å². The van der Waals surface area contributed by atoms with Crippen LogP contribution in [0.4, 0.5) is 5.69 Å². The molecule has 0 bridgehead atoms. The van der Waals surface area contributed by atoms with Gasteiger partial charge in [0.2, 0.25) is 5.91 Å². The van der Waals surface area contributed by atoms with Crippen molar-refractivity contribution in [2.24, 2.45) is 7.05 Å². The average Bonchev–Trinajstić information content (AvgIpc) is 3.07. The fourth-order valence-electron chi connectivity index (χ4n) is 4.13. The number of rotatable bonds is 5. The van der Waals surface area contributed by atoms with Gasteiger partial charge in [0.25, 0.3) is 5.56 Å². The van der Waals surface area contributed by atoms with E-state index in [0.29, 0.717) is 12.1 Å². The molecule has 1 aromatic carbocycles. The van der Waals surface area contributed by atoms with E-state index in [4.69, 9.17) is 0 Å². The lowest BCUT2D eigenvalue weighted by molar-refractivity contribution is -0.124. The molecule has 0 radical (unpaired) electrons. The first-order valence-electron chi connectivity index (χ1n) is 10.7. The first-order chi connectivity index (χ1) is 14.8. The molecule has 3 aromatic rings. The Bertz CT molecular complexity index is 1140. The quantitative estimate of drug-likeness (QED) is 0.677. The van der Waals surface area contributed by atoms with Gasteiger partial charge in [-0.1, -0.05) is 12.1 Å². The van der Waals surface area contributed by atoms with Gasteiger partial charge in [-0.05, 0) is 44.7 Å². The zero-order valence-corrected chi connectivity index (χ0v) is 18.6. The van der Waals surface area contributed by atoms with Crippen molar-refractivity contribution in [2.75, 3.05) is 38.1 Å². The van der Waals surface area contributed by atoms with Crippen LogP contribution in [0.2, 0.25) is 0 Å². The molecule has 1 aliphatic rings. The van der Waals surface area contributed by atoms with Crippen molar-refractivity contribution >= 4 is 22.5 Å². The Morgan fingerprint density at radius 3 is 2.45 bits per heavy atom. The molecule has 1 N–H and O–H groups in total. The van der Waals surface area contributed by atoms with E-state index in [0.717, 1.165) is 42.8 Å². The largest absolute Gasteiger partial charge is 0.369 e. The lowest BCUT2D eigenvalue weighted by Crippen LogP contribution is -2.44. The van der Waals surface area contributed by atoms with Crippen molar-refractivity contribution in [1.29, 1.82) is 0 Å². The molecule has 164 valence electrons. The lowest BCUT2D eigenvalue weighted by atomic mass is 10.1. The normalized spacial score (nSPS) is 15.9. The summed E-state index contributed by atoms with van der Waals surface area (Å²) in [6.07, 6.45) is 1.68. The molecule has 3 heterocycles. The topological polar surface area (TPSA) is 75.4 Å². The fraction of sp³-hybridized carbons (Fsp3) is 0.435. The molecular formula is C23H30N6O2. The monoisotopic (exact) mass is 422 g/mol. The molecule has 0 saturated carbocycles. The maximum absolute atomic E-state index is 12.9. The molecule has 0 spiro atoms. The Balaban J connectivity index is 1.41. The van der Waals surface area contributed by atoms with Gasteiger partial charge < -0.3 is 19.7 Å². The minimum Gasteiger partial charge on any atom is -0.369 e. The standard InChI is InChI=1S/C23H30N6O2/c1-16-20-9-10-29(23(31)21(20)27(4)25-16)17(2)22(30)24-15-18-5-7-19(8-6-18)28-13-11-26(3)12-14-28/h5-10,17H,11-15H2,1-4H3,(H,24,30). The minimum absolute atomic E-state index is 0.191. The first kappa shape index (κ1) is 21.1. The summed E-state index contributed by atoms with van der Waals surface area (Å²) in [5.41, 5.74) is 3.35. The molecule has 2 aromatic heterocycles. The van der Waals surface area contributed by atoms with Crippen LogP contribution in [-0.2, 0) is 18.4 Å². The highest BCUT2D eigenvalue weighted by Crippen LogP contribution is 2.18. The number of amides is 1. The van der Waals surface area contributed by atoms with E-state index in [2.05, 4.69) is 51.5 Å². The van der Waals surface area contributed by atoms with E-state index in [9.17, 15) is 9.59 Å². The minimum atomic E-state index is -0.614. The van der Waals surface area contributed by atoms with Gasteiger partial charge in [0.15, 0.2) is 0 Å². The summed E-state index contributed by atoms with van der Waals surface area (Å²) in [6.45, 7) is 8.23. The number of piperazine rings is 1. The van der Waals surface area contributed by atoms with Gasteiger partial charge >= 0.3 is 0 Å². The Labute approximate surface area is 182 Å². The van der Waals surface area contributed by atoms with Crippen molar-refractivity contribution in [3.05, 3.63) is 58.1 Å². The molecule has 1 fully saturated rings. The number of aryl methyl sites for hydroxylation is 2. The Kier molecular flexibility index (Phi) is 5.82. The first-order valence-corrected chi connectivity index (χ1v) is 10.7. The van der Waals surface area contributed by atoms with Crippen LogP contribution in [0.15, 0.2) is 41.3 Å². The Hall–Kier alpha value is -3.13. The van der Waals surface area contributed by atoms with Crippen LogP contribution in [0.3, 0.4) is 0 Å². The van der Waals surface area contributed by atoms with Crippen molar-refractivity contribution in [3.8, 4) is 0 Å². The summed E-state index contributed by atoms with van der Waals surface area (Å²) in [6, 6.07) is 9.56. The highest BCUT2D eigenvalue weighted by molar-refractivity contribution is 5.83. The lowest BCUT2D eigenvalue weighted by Gasteiger charge is -2.34. The number of likely N-dealkylation sites (N-methyl/N-ethyl adjacent to an activating group) is 1. The molecule has 1 atom stereocenters. The van der Waals surface area contributed by atoms with Crippen LogP contribution in [0.5, 0.6) is 0 Å². The van der Waals surface area contributed by atoms with Crippen LogP contribution < -0.4 is 15.8 Å². The van der Waals surface area contributed by atoms with E-state index < -0.39 is 6.04 Å². The molecule has 1 amide bonds. The predicted octanol–water partition coefficient (Wildman–Crippen LogP) is 1.67. The van der Waals surface area contributed by atoms with Crippen LogP contribution in [0.25, 0.3) is 10.9 Å². The zero-order valence-electron chi connectivity index (χ0n) is 18.6. The van der Waals surface area contributed by atoms with Gasteiger partial charge in [-0.3, -0.25) is 14.3 Å². The number of aromatic nitrogens is 3. The Morgan fingerprint density at radius 2 is 1.77 bits per heavy atom. The molecule has 1 unspecified atom stereocenters. The molecule has 8 nitrogen and oxygen atoms in total. The highest BCUT2D eigenvalue weighted by atomic mass is 16.2. The third-order valence-corrected chi connectivity index (χ3v) is 6.18. The number of carbonyl (C=O) groups excluding carboxylic acids is 1. The second kappa shape index (κ2) is 8.55. The average molecular weight is 423 g/mol. The van der Waals surface area contributed by atoms with Gasteiger partial charge in [-0.2, -0.15) is 5.10 Å². The summed E-state index contributed by atoms with van der Waals surface area (Å²) < 4.78 is 3.05. The van der Waals surface area contributed by atoms with Gasteiger partial charge in [-0.25, -0.2) is 0 Å². The van der Waals surface area contributed by atoms with E-state index in [1.54, 1.807) is 24.9 Å². The SMILES string of the molecule is Cc1nn(C)c2c(=O)n(C(C)C(=O)NCc3ccc(N4CCN(C)CC4)cc3)ccc12. The molecule has 31 heavy (non-hydrogen) atoms. The number of hydrogen-bond acceptors (Lipinski definition) is 5. The number of hydrogen-bond donors (Lipinski definition) is 1. The van der Waals surface area contributed by atoms with Crippen molar-refractivity contribution in [1.82, 2.24) is 24.6 Å². The number of carbonyl (C=O) groups is 1. The van der Waals surface area contributed by atoms with Crippen LogP contribution in [-0.4, -0.2) is 58.4 Å². The molecular weight excluding hydrogens is 392 g/mol. The number of fused-ring (bicyclic) bond motifs is 1. The molecule has 0 aliphatic carbocycles. The molecule has 1 saturated heterocycles. The third kappa shape index (κ3) is 4.20. The summed E-state index contributed by atoms with van der Waals surface area (Å²) in [5, 5.41) is 8.09. The number of nitrogens with zero attached hydrogens (tertiary/aromatic N) is 5. The van der Waals surface area contributed by atoms with Crippen LogP contribution >= 0.6 is 0 Å². The summed E-state index contributed by atoms with van der Waals surface area (Å²) in [7, 11) is 3.89. The van der Waals surface area contributed by atoms with E-state index in [-0.39, 0.29) is 11.5 Å². The van der Waals surface area contributed by atoms with Crippen molar-refractivity contribution in [3.63, 3.8) is 0 Å². The maximum atomic E-state index is 12.9. The smallest absolute Gasteiger partial charge is 0.277 e. The van der Waals surface area contributed by atoms with Crippen molar-refractivity contribution in [2.45, 2.75) is 26.4 Å². The number of benzene rings is 1. The number of anilines is 1. The van der Waals surface area contributed by atoms with Gasteiger partial charge in [0.05, 0.1) is 5.69 Å². The summed E-state index contributed by atoms with van der Waals surface area (Å²) >= 11 is 0. The van der Waals surface area contributed by atoms with Crippen LogP contribution in [0, 0.1) is 6.92 Å². The fourth-order valence-corrected chi connectivity index (χ4v) is 4.13. The van der Waals surface area contributed by atoms with Gasteiger partial charge in [-0.15, -0.1) is 0 Å². The second-order valence-electron chi connectivity index (χ2n) is 8.35. The van der Waals surface area contributed by atoms with Crippen LogP contribution in [0.1, 0.15) is 24.2 Å². The molecule has 8 heteroatoms. The second-order valence-corrected chi connectivity index (χ2v) is 8.35. The zero-order chi connectivity index (χ0) is 22.1. The summed E-state index contributed by atoms with van der Waals surface area (Å²) in [5.74, 6) is -0.191. The molecule has 1 aliphatic heterocycles. The van der Waals surface area contributed by atoms with Gasteiger partial charge in [0.1, 0.15) is 11.6 Å². The van der Waals surface area contributed by atoms with Crippen molar-refractivity contribution < 1.29 is 4.79 Å². The van der Waals surface area contributed by atoms with E-state index in [1.165, 1.54) is 10.3 Å². The Morgan fingerprint density at radius 1 is 1.10 bits per heavy atom.